The summed E-state index contributed by atoms with van der Waals surface area (Å²) in [5, 5.41) is 4.34. The highest BCUT2D eigenvalue weighted by molar-refractivity contribution is 9.10. The first-order valence-corrected chi connectivity index (χ1v) is 7.33. The van der Waals surface area contributed by atoms with Crippen molar-refractivity contribution in [1.29, 1.82) is 0 Å². The van der Waals surface area contributed by atoms with Crippen molar-refractivity contribution < 1.29 is 0 Å². The monoisotopic (exact) mass is 330 g/mol. The van der Waals surface area contributed by atoms with Gasteiger partial charge in [-0.15, -0.1) is 0 Å². The molecule has 0 saturated carbocycles. The second-order valence-electron chi connectivity index (χ2n) is 4.60. The zero-order valence-electron chi connectivity index (χ0n) is 11.4. The van der Waals surface area contributed by atoms with Crippen LogP contribution in [0.25, 0.3) is 22.3 Å². The Hall–Kier alpha value is -1.88. The zero-order valence-corrected chi connectivity index (χ0v) is 13.0. The average molecular weight is 331 g/mol. The molecule has 3 aromatic rings. The number of aromatic amines is 1. The molecule has 2 aromatic heterocycles. The van der Waals surface area contributed by atoms with Crippen molar-refractivity contribution in [3.8, 4) is 11.4 Å². The molecule has 0 amide bonds. The lowest BCUT2D eigenvalue weighted by atomic mass is 10.2. The fourth-order valence-electron chi connectivity index (χ4n) is 2.22. The second kappa shape index (κ2) is 5.25. The van der Waals surface area contributed by atoms with E-state index < -0.39 is 0 Å². The number of nitrogens with zero attached hydrogens (tertiary/aromatic N) is 2. The van der Waals surface area contributed by atoms with Crippen molar-refractivity contribution >= 4 is 32.7 Å². The molecular weight excluding hydrogens is 316 g/mol. The highest BCUT2D eigenvalue weighted by Crippen LogP contribution is 2.29. The van der Waals surface area contributed by atoms with E-state index in [4.69, 9.17) is 0 Å². The summed E-state index contributed by atoms with van der Waals surface area (Å²) in [5.41, 5.74) is 3.86. The predicted octanol–water partition coefficient (Wildman–Crippen LogP) is 4.13. The summed E-state index contributed by atoms with van der Waals surface area (Å²) >= 11 is 3.57. The summed E-state index contributed by atoms with van der Waals surface area (Å²) in [6.45, 7) is 4.84. The Balaban J connectivity index is 2.14. The minimum atomic E-state index is 0.797. The number of nitrogens with one attached hydrogen (secondary N) is 2. The van der Waals surface area contributed by atoms with Gasteiger partial charge in [-0.1, -0.05) is 22.0 Å². The maximum Gasteiger partial charge on any atom is 0.145 e. The van der Waals surface area contributed by atoms with Gasteiger partial charge in [0.2, 0.25) is 0 Å². The maximum atomic E-state index is 4.64. The first-order chi connectivity index (χ1) is 9.69. The molecule has 3 rings (SSSR count). The van der Waals surface area contributed by atoms with Gasteiger partial charge in [0.05, 0.1) is 17.6 Å². The highest BCUT2D eigenvalue weighted by Gasteiger charge is 2.11. The van der Waals surface area contributed by atoms with Crippen LogP contribution in [0.1, 0.15) is 12.6 Å². The van der Waals surface area contributed by atoms with E-state index in [1.807, 2.05) is 26.0 Å². The van der Waals surface area contributed by atoms with Gasteiger partial charge < -0.3 is 10.3 Å². The third-order valence-electron chi connectivity index (χ3n) is 3.18. The third-order valence-corrected chi connectivity index (χ3v) is 3.87. The molecule has 0 aliphatic rings. The van der Waals surface area contributed by atoms with E-state index in [1.165, 1.54) is 0 Å². The number of fused-ring (bicyclic) bond motifs is 1. The lowest BCUT2D eigenvalue weighted by Crippen LogP contribution is -2.02. The average Bonchev–Trinajstić information content (AvgIpc) is 2.86. The Morgan fingerprint density at radius 3 is 2.95 bits per heavy atom. The van der Waals surface area contributed by atoms with Gasteiger partial charge >= 0.3 is 0 Å². The molecule has 0 aliphatic carbocycles. The summed E-state index contributed by atoms with van der Waals surface area (Å²) in [4.78, 5) is 12.4. The smallest absolute Gasteiger partial charge is 0.145 e. The molecule has 2 N–H and O–H groups in total. The number of hydrogen-bond acceptors (Lipinski definition) is 3. The number of halogens is 1. The van der Waals surface area contributed by atoms with Gasteiger partial charge in [-0.3, -0.25) is 4.98 Å². The Morgan fingerprint density at radius 1 is 1.35 bits per heavy atom. The quantitative estimate of drug-likeness (QED) is 0.759. The fraction of sp³-hybridized carbons (Fsp3) is 0.200. The van der Waals surface area contributed by atoms with E-state index in [-0.39, 0.29) is 0 Å². The van der Waals surface area contributed by atoms with E-state index >= 15 is 0 Å². The lowest BCUT2D eigenvalue weighted by molar-refractivity contribution is 1.08. The molecule has 20 heavy (non-hydrogen) atoms. The fourth-order valence-corrected chi connectivity index (χ4v) is 2.70. The largest absolute Gasteiger partial charge is 0.369 e. The van der Waals surface area contributed by atoms with Crippen molar-refractivity contribution in [2.45, 2.75) is 13.8 Å². The Kier molecular flexibility index (Phi) is 3.44. The van der Waals surface area contributed by atoms with E-state index in [9.17, 15) is 0 Å². The van der Waals surface area contributed by atoms with Gasteiger partial charge in [-0.2, -0.15) is 0 Å². The van der Waals surface area contributed by atoms with Crippen LogP contribution < -0.4 is 5.32 Å². The highest BCUT2D eigenvalue weighted by atomic mass is 79.9. The summed E-state index contributed by atoms with van der Waals surface area (Å²) in [6.07, 6.45) is 1.76. The third kappa shape index (κ3) is 2.29. The number of H-pyrrole nitrogens is 1. The summed E-state index contributed by atoms with van der Waals surface area (Å²) < 4.78 is 1.07. The molecule has 0 atom stereocenters. The van der Waals surface area contributed by atoms with E-state index in [0.717, 1.165) is 44.8 Å². The normalized spacial score (nSPS) is 10.9. The number of hydrogen-bond donors (Lipinski definition) is 2. The van der Waals surface area contributed by atoms with Gasteiger partial charge in [0.25, 0.3) is 0 Å². The van der Waals surface area contributed by atoms with Crippen LogP contribution in [0.3, 0.4) is 0 Å². The molecule has 0 saturated heterocycles. The number of rotatable bonds is 3. The first-order valence-electron chi connectivity index (χ1n) is 6.54. The molecule has 0 spiro atoms. The molecule has 5 heteroatoms. The van der Waals surface area contributed by atoms with E-state index in [1.54, 1.807) is 6.20 Å². The van der Waals surface area contributed by atoms with Crippen LogP contribution in [0.2, 0.25) is 0 Å². The second-order valence-corrected chi connectivity index (χ2v) is 5.46. The minimum Gasteiger partial charge on any atom is -0.369 e. The van der Waals surface area contributed by atoms with Crippen LogP contribution in [0.4, 0.5) is 5.82 Å². The summed E-state index contributed by atoms with van der Waals surface area (Å²) in [7, 11) is 0. The van der Waals surface area contributed by atoms with Crippen LogP contribution >= 0.6 is 15.9 Å². The number of aryl methyl sites for hydroxylation is 1. The summed E-state index contributed by atoms with van der Waals surface area (Å²) in [5.74, 6) is 0.797. The molecule has 4 nitrogen and oxygen atoms in total. The van der Waals surface area contributed by atoms with E-state index in [2.05, 4.69) is 48.3 Å². The Morgan fingerprint density at radius 2 is 2.20 bits per heavy atom. The Labute approximate surface area is 125 Å². The number of benzene rings is 1. The van der Waals surface area contributed by atoms with Gasteiger partial charge in [0.1, 0.15) is 11.5 Å². The van der Waals surface area contributed by atoms with Gasteiger partial charge in [0.15, 0.2) is 0 Å². The van der Waals surface area contributed by atoms with Crippen LogP contribution in [-0.2, 0) is 0 Å². The minimum absolute atomic E-state index is 0.797. The van der Waals surface area contributed by atoms with Crippen LogP contribution in [0.15, 0.2) is 34.9 Å². The van der Waals surface area contributed by atoms with Crippen molar-refractivity contribution in [3.63, 3.8) is 0 Å². The van der Waals surface area contributed by atoms with Gasteiger partial charge in [-0.05, 0) is 32.0 Å². The molecule has 0 radical (unpaired) electrons. The van der Waals surface area contributed by atoms with E-state index in [0.29, 0.717) is 0 Å². The van der Waals surface area contributed by atoms with Gasteiger partial charge in [0, 0.05) is 21.9 Å². The van der Waals surface area contributed by atoms with Crippen molar-refractivity contribution in [1.82, 2.24) is 15.0 Å². The lowest BCUT2D eigenvalue weighted by Gasteiger charge is -2.06. The number of anilines is 1. The maximum absolute atomic E-state index is 4.64. The Bertz CT molecular complexity index is 764. The van der Waals surface area contributed by atoms with Crippen LogP contribution in [0, 0.1) is 6.92 Å². The first kappa shape index (κ1) is 13.1. The van der Waals surface area contributed by atoms with Crippen molar-refractivity contribution in [2.24, 2.45) is 0 Å². The molecule has 0 fully saturated rings. The predicted molar refractivity (Wildman–Crippen MR) is 85.9 cm³/mol. The molecule has 0 unspecified atom stereocenters. The zero-order chi connectivity index (χ0) is 14.1. The molecule has 0 bridgehead atoms. The number of aromatic nitrogens is 3. The van der Waals surface area contributed by atoms with Crippen LogP contribution in [-0.4, -0.2) is 21.5 Å². The van der Waals surface area contributed by atoms with Crippen molar-refractivity contribution in [2.75, 3.05) is 11.9 Å². The molecule has 102 valence electrons. The van der Waals surface area contributed by atoms with Gasteiger partial charge in [-0.25, -0.2) is 4.98 Å². The molecule has 0 aliphatic heterocycles. The van der Waals surface area contributed by atoms with Crippen LogP contribution in [0.5, 0.6) is 0 Å². The molecular formula is C15H15BrN4. The molecule has 2 heterocycles. The standard InChI is InChI=1S/C15H15BrN4/c1-3-17-14-8-18-9(2)15(20-14)13-7-10-11(16)5-4-6-12(10)19-13/h4-8,19H,3H2,1-2H3,(H,17,20). The van der Waals surface area contributed by atoms with Crippen molar-refractivity contribution in [3.05, 3.63) is 40.6 Å². The SMILES string of the molecule is CCNc1cnc(C)c(-c2cc3c(Br)cccc3[nH]2)n1. The molecule has 1 aromatic carbocycles. The summed E-state index contributed by atoms with van der Waals surface area (Å²) in [6, 6.07) is 8.21. The topological polar surface area (TPSA) is 53.6 Å².